The van der Waals surface area contributed by atoms with Crippen LogP contribution in [0.2, 0.25) is 0 Å². The number of rotatable bonds is 7. The summed E-state index contributed by atoms with van der Waals surface area (Å²) < 4.78 is 5.55. The molecule has 118 valence electrons. The molecule has 0 radical (unpaired) electrons. The summed E-state index contributed by atoms with van der Waals surface area (Å²) in [6.45, 7) is 10.3. The van der Waals surface area contributed by atoms with Crippen molar-refractivity contribution in [3.63, 3.8) is 0 Å². The molecule has 0 bridgehead atoms. The van der Waals surface area contributed by atoms with E-state index in [2.05, 4.69) is 33.0 Å². The number of phenolic OH excluding ortho intramolecular Hbond substituents is 1. The van der Waals surface area contributed by atoms with E-state index in [1.54, 1.807) is 0 Å². The zero-order chi connectivity index (χ0) is 15.4. The molecule has 1 aromatic rings. The van der Waals surface area contributed by atoms with E-state index in [1.807, 2.05) is 12.1 Å². The fourth-order valence-corrected chi connectivity index (χ4v) is 3.35. The van der Waals surface area contributed by atoms with Crippen LogP contribution in [0.15, 0.2) is 12.1 Å². The highest BCUT2D eigenvalue weighted by molar-refractivity contribution is 5.50. The number of ether oxygens (including phenoxy) is 1. The van der Waals surface area contributed by atoms with Crippen LogP contribution in [0.25, 0.3) is 0 Å². The lowest BCUT2D eigenvalue weighted by molar-refractivity contribution is 0.0759. The van der Waals surface area contributed by atoms with Gasteiger partial charge in [0.05, 0.1) is 6.10 Å². The summed E-state index contributed by atoms with van der Waals surface area (Å²) in [5.41, 5.74) is 3.77. The van der Waals surface area contributed by atoms with Crippen LogP contribution >= 0.6 is 0 Å². The van der Waals surface area contributed by atoms with Crippen LogP contribution in [0.3, 0.4) is 0 Å². The summed E-state index contributed by atoms with van der Waals surface area (Å²) in [6, 6.07) is 4.15. The second-order valence-electron chi connectivity index (χ2n) is 6.50. The maximum atomic E-state index is 10.2. The van der Waals surface area contributed by atoms with Gasteiger partial charge in [0.25, 0.3) is 0 Å². The van der Waals surface area contributed by atoms with Crippen molar-refractivity contribution in [3.8, 4) is 5.75 Å². The van der Waals surface area contributed by atoms with Gasteiger partial charge in [0.15, 0.2) is 0 Å². The number of nitrogens with one attached hydrogen (secondary N) is 1. The lowest BCUT2D eigenvalue weighted by Crippen LogP contribution is -2.21. The standard InChI is InChI=1S/C18H29NO2/c1-12(2)21-10-6-5-9-19-15-11-14(4)17-13(3)7-8-16(20)18(15)17/h7-8,12,14-15,19-20H,5-6,9-11H2,1-4H3. The van der Waals surface area contributed by atoms with Gasteiger partial charge in [-0.1, -0.05) is 13.0 Å². The van der Waals surface area contributed by atoms with Crippen LogP contribution in [0.1, 0.15) is 68.7 Å². The first-order valence-electron chi connectivity index (χ1n) is 8.18. The molecule has 2 N–H and O–H groups in total. The first kappa shape index (κ1) is 16.3. The van der Waals surface area contributed by atoms with Gasteiger partial charge in [0, 0.05) is 18.2 Å². The zero-order valence-electron chi connectivity index (χ0n) is 13.8. The van der Waals surface area contributed by atoms with Gasteiger partial charge in [0.1, 0.15) is 5.75 Å². The molecule has 3 nitrogen and oxygen atoms in total. The SMILES string of the molecule is Cc1ccc(O)c2c1C(C)CC2NCCCCOC(C)C. The van der Waals surface area contributed by atoms with E-state index in [9.17, 15) is 5.11 Å². The smallest absolute Gasteiger partial charge is 0.120 e. The van der Waals surface area contributed by atoms with Crippen LogP contribution in [0.4, 0.5) is 0 Å². The van der Waals surface area contributed by atoms with Crippen molar-refractivity contribution in [2.75, 3.05) is 13.2 Å². The number of unbranched alkanes of at least 4 members (excludes halogenated alkanes) is 1. The van der Waals surface area contributed by atoms with Crippen LogP contribution in [-0.4, -0.2) is 24.4 Å². The Morgan fingerprint density at radius 2 is 2.05 bits per heavy atom. The molecular formula is C18H29NO2. The van der Waals surface area contributed by atoms with Crippen LogP contribution < -0.4 is 5.32 Å². The summed E-state index contributed by atoms with van der Waals surface area (Å²) in [5, 5.41) is 13.8. The summed E-state index contributed by atoms with van der Waals surface area (Å²) in [7, 11) is 0. The highest BCUT2D eigenvalue weighted by atomic mass is 16.5. The molecular weight excluding hydrogens is 262 g/mol. The molecule has 2 unspecified atom stereocenters. The quantitative estimate of drug-likeness (QED) is 0.745. The Balaban J connectivity index is 1.86. The number of aromatic hydroxyl groups is 1. The van der Waals surface area contributed by atoms with Gasteiger partial charge in [-0.2, -0.15) is 0 Å². The van der Waals surface area contributed by atoms with Crippen molar-refractivity contribution in [1.29, 1.82) is 0 Å². The van der Waals surface area contributed by atoms with E-state index in [1.165, 1.54) is 11.1 Å². The molecule has 0 heterocycles. The number of hydrogen-bond donors (Lipinski definition) is 2. The first-order chi connectivity index (χ1) is 10.0. The number of aryl methyl sites for hydroxylation is 1. The molecule has 0 fully saturated rings. The van der Waals surface area contributed by atoms with Gasteiger partial charge < -0.3 is 15.2 Å². The lowest BCUT2D eigenvalue weighted by atomic mass is 9.97. The van der Waals surface area contributed by atoms with Crippen molar-refractivity contribution in [2.24, 2.45) is 0 Å². The molecule has 3 heteroatoms. The Kier molecular flexibility index (Phi) is 5.65. The fourth-order valence-electron chi connectivity index (χ4n) is 3.35. The third kappa shape index (κ3) is 3.98. The molecule has 2 rings (SSSR count). The van der Waals surface area contributed by atoms with Gasteiger partial charge >= 0.3 is 0 Å². The summed E-state index contributed by atoms with van der Waals surface area (Å²) >= 11 is 0. The average molecular weight is 291 g/mol. The van der Waals surface area contributed by atoms with E-state index in [0.29, 0.717) is 23.8 Å². The van der Waals surface area contributed by atoms with E-state index in [4.69, 9.17) is 4.74 Å². The minimum absolute atomic E-state index is 0.293. The fraction of sp³-hybridized carbons (Fsp3) is 0.667. The predicted molar refractivity (Wildman–Crippen MR) is 86.9 cm³/mol. The molecule has 0 aromatic heterocycles. The van der Waals surface area contributed by atoms with E-state index in [0.717, 1.165) is 38.0 Å². The Labute approximate surface area is 128 Å². The number of phenols is 1. The monoisotopic (exact) mass is 291 g/mol. The Morgan fingerprint density at radius 1 is 1.29 bits per heavy atom. The molecule has 0 aliphatic heterocycles. The van der Waals surface area contributed by atoms with Crippen molar-refractivity contribution in [2.45, 2.75) is 65.0 Å². The van der Waals surface area contributed by atoms with Gasteiger partial charge in [0.2, 0.25) is 0 Å². The average Bonchev–Trinajstić information content (AvgIpc) is 2.76. The van der Waals surface area contributed by atoms with Gasteiger partial charge in [-0.3, -0.25) is 0 Å². The van der Waals surface area contributed by atoms with Gasteiger partial charge in [-0.15, -0.1) is 0 Å². The first-order valence-corrected chi connectivity index (χ1v) is 8.18. The normalized spacial score (nSPS) is 21.0. The summed E-state index contributed by atoms with van der Waals surface area (Å²) in [5.74, 6) is 0.967. The van der Waals surface area contributed by atoms with E-state index < -0.39 is 0 Å². The molecule has 21 heavy (non-hydrogen) atoms. The predicted octanol–water partition coefficient (Wildman–Crippen LogP) is 4.04. The second-order valence-corrected chi connectivity index (χ2v) is 6.50. The van der Waals surface area contributed by atoms with Crippen molar-refractivity contribution in [1.82, 2.24) is 5.32 Å². The molecule has 0 saturated carbocycles. The highest BCUT2D eigenvalue weighted by Crippen LogP contribution is 2.45. The minimum Gasteiger partial charge on any atom is -0.508 e. The third-order valence-corrected chi connectivity index (χ3v) is 4.33. The molecule has 0 saturated heterocycles. The summed E-state index contributed by atoms with van der Waals surface area (Å²) in [6.07, 6.45) is 3.59. The van der Waals surface area contributed by atoms with Crippen molar-refractivity contribution < 1.29 is 9.84 Å². The van der Waals surface area contributed by atoms with Crippen LogP contribution in [0.5, 0.6) is 5.75 Å². The van der Waals surface area contributed by atoms with Crippen LogP contribution in [0, 0.1) is 6.92 Å². The van der Waals surface area contributed by atoms with Crippen LogP contribution in [-0.2, 0) is 4.74 Å². The molecule has 1 aromatic carbocycles. The van der Waals surface area contributed by atoms with E-state index in [-0.39, 0.29) is 0 Å². The van der Waals surface area contributed by atoms with Crippen molar-refractivity contribution in [3.05, 3.63) is 28.8 Å². The zero-order valence-corrected chi connectivity index (χ0v) is 13.8. The Morgan fingerprint density at radius 3 is 2.76 bits per heavy atom. The number of benzene rings is 1. The molecule has 2 atom stereocenters. The Hall–Kier alpha value is -1.06. The maximum absolute atomic E-state index is 10.2. The Bertz CT molecular complexity index is 471. The number of fused-ring (bicyclic) bond motifs is 1. The maximum Gasteiger partial charge on any atom is 0.120 e. The second kappa shape index (κ2) is 7.28. The van der Waals surface area contributed by atoms with Gasteiger partial charge in [-0.05, 0) is 69.7 Å². The molecule has 1 aliphatic rings. The number of hydrogen-bond acceptors (Lipinski definition) is 3. The van der Waals surface area contributed by atoms with Gasteiger partial charge in [-0.25, -0.2) is 0 Å². The van der Waals surface area contributed by atoms with Crippen molar-refractivity contribution >= 4 is 0 Å². The minimum atomic E-state index is 0.293. The largest absolute Gasteiger partial charge is 0.508 e. The lowest BCUT2D eigenvalue weighted by Gasteiger charge is -2.16. The molecule has 1 aliphatic carbocycles. The summed E-state index contributed by atoms with van der Waals surface area (Å²) in [4.78, 5) is 0. The highest BCUT2D eigenvalue weighted by Gasteiger charge is 2.31. The molecule has 0 amide bonds. The van der Waals surface area contributed by atoms with E-state index >= 15 is 0 Å². The topological polar surface area (TPSA) is 41.5 Å². The third-order valence-electron chi connectivity index (χ3n) is 4.33. The molecule has 0 spiro atoms.